The lowest BCUT2D eigenvalue weighted by Crippen LogP contribution is -2.16. The van der Waals surface area contributed by atoms with Crippen molar-refractivity contribution >= 4 is 45.7 Å². The maximum absolute atomic E-state index is 12.9. The standard InChI is InChI=1S/C29H31N5O3S2/c1-2-37-28(36)26-22-15-9-10-16-23(22)39-27(26)31-25(35)17-18-38-29-33-32-24(19-30-20-11-5-3-6-12-20)34(29)21-13-7-4-8-14-21/h3-8,11-14,30H,2,9-10,15-19H2,1H3,(H,31,35). The highest BCUT2D eigenvalue weighted by Gasteiger charge is 2.27. The van der Waals surface area contributed by atoms with Gasteiger partial charge in [-0.15, -0.1) is 21.5 Å². The first-order valence-electron chi connectivity index (χ1n) is 13.2. The third kappa shape index (κ3) is 6.51. The van der Waals surface area contributed by atoms with Crippen LogP contribution in [-0.4, -0.2) is 39.0 Å². The molecule has 1 aliphatic carbocycles. The quantitative estimate of drug-likeness (QED) is 0.168. The van der Waals surface area contributed by atoms with E-state index in [0.717, 1.165) is 53.6 Å². The van der Waals surface area contributed by atoms with Crippen LogP contribution in [0.15, 0.2) is 65.8 Å². The van der Waals surface area contributed by atoms with Gasteiger partial charge in [-0.3, -0.25) is 9.36 Å². The highest BCUT2D eigenvalue weighted by Crippen LogP contribution is 2.38. The summed E-state index contributed by atoms with van der Waals surface area (Å²) in [5.41, 5.74) is 3.55. The van der Waals surface area contributed by atoms with Crippen molar-refractivity contribution in [2.24, 2.45) is 0 Å². The van der Waals surface area contributed by atoms with Crippen LogP contribution in [0.3, 0.4) is 0 Å². The Morgan fingerprint density at radius 3 is 2.54 bits per heavy atom. The van der Waals surface area contributed by atoms with Crippen molar-refractivity contribution < 1.29 is 14.3 Å². The first-order valence-corrected chi connectivity index (χ1v) is 15.0. The second-order valence-electron chi connectivity index (χ2n) is 9.07. The van der Waals surface area contributed by atoms with Gasteiger partial charge >= 0.3 is 5.97 Å². The Balaban J connectivity index is 1.26. The number of nitrogens with one attached hydrogen (secondary N) is 2. The van der Waals surface area contributed by atoms with Gasteiger partial charge in [0, 0.05) is 28.4 Å². The van der Waals surface area contributed by atoms with Gasteiger partial charge in [0.25, 0.3) is 0 Å². The number of rotatable bonds is 11. The average molecular weight is 562 g/mol. The van der Waals surface area contributed by atoms with Crippen molar-refractivity contribution in [3.05, 3.63) is 82.5 Å². The molecule has 0 bridgehead atoms. The van der Waals surface area contributed by atoms with Crippen LogP contribution in [0.1, 0.15) is 52.8 Å². The van der Waals surface area contributed by atoms with E-state index in [-0.39, 0.29) is 18.3 Å². The van der Waals surface area contributed by atoms with Gasteiger partial charge in [0.2, 0.25) is 5.91 Å². The fourth-order valence-corrected chi connectivity index (χ4v) is 6.78. The molecule has 2 aromatic heterocycles. The van der Waals surface area contributed by atoms with E-state index in [2.05, 4.69) is 20.8 Å². The van der Waals surface area contributed by atoms with E-state index in [1.54, 1.807) is 6.92 Å². The number of hydrogen-bond acceptors (Lipinski definition) is 8. The summed E-state index contributed by atoms with van der Waals surface area (Å²) in [7, 11) is 0. The molecule has 1 amide bonds. The number of aryl methyl sites for hydroxylation is 1. The van der Waals surface area contributed by atoms with Crippen LogP contribution in [0.5, 0.6) is 0 Å². The maximum Gasteiger partial charge on any atom is 0.341 e. The predicted octanol–water partition coefficient (Wildman–Crippen LogP) is 6.12. The van der Waals surface area contributed by atoms with Crippen molar-refractivity contribution in [1.29, 1.82) is 0 Å². The van der Waals surface area contributed by atoms with Gasteiger partial charge in [0.05, 0.1) is 18.7 Å². The van der Waals surface area contributed by atoms with Crippen LogP contribution in [0.4, 0.5) is 10.7 Å². The van der Waals surface area contributed by atoms with Crippen LogP contribution in [-0.2, 0) is 28.9 Å². The minimum absolute atomic E-state index is 0.136. The summed E-state index contributed by atoms with van der Waals surface area (Å²) >= 11 is 2.99. The van der Waals surface area contributed by atoms with Gasteiger partial charge in [-0.25, -0.2) is 4.79 Å². The number of nitrogens with zero attached hydrogens (tertiary/aromatic N) is 3. The average Bonchev–Trinajstić information content (AvgIpc) is 3.53. The molecule has 0 unspecified atom stereocenters. The molecule has 0 atom stereocenters. The minimum Gasteiger partial charge on any atom is -0.462 e. The highest BCUT2D eigenvalue weighted by molar-refractivity contribution is 7.99. The third-order valence-electron chi connectivity index (χ3n) is 6.40. The van der Waals surface area contributed by atoms with Gasteiger partial charge in [-0.1, -0.05) is 48.2 Å². The fourth-order valence-electron chi connectivity index (χ4n) is 4.58. The number of benzene rings is 2. The van der Waals surface area contributed by atoms with Crippen molar-refractivity contribution in [3.63, 3.8) is 0 Å². The summed E-state index contributed by atoms with van der Waals surface area (Å²) in [6.07, 6.45) is 4.21. The zero-order chi connectivity index (χ0) is 27.0. The van der Waals surface area contributed by atoms with Crippen LogP contribution < -0.4 is 10.6 Å². The topological polar surface area (TPSA) is 98.1 Å². The van der Waals surface area contributed by atoms with Gasteiger partial charge in [0.15, 0.2) is 11.0 Å². The molecule has 202 valence electrons. The Bertz CT molecular complexity index is 1420. The maximum atomic E-state index is 12.9. The number of thiophene rings is 1. The van der Waals surface area contributed by atoms with E-state index >= 15 is 0 Å². The Hall–Kier alpha value is -3.63. The molecule has 2 heterocycles. The monoisotopic (exact) mass is 561 g/mol. The molecule has 5 rings (SSSR count). The number of amides is 1. The van der Waals surface area contributed by atoms with Crippen molar-refractivity contribution in [1.82, 2.24) is 14.8 Å². The number of carbonyl (C=O) groups excluding carboxylic acids is 2. The highest BCUT2D eigenvalue weighted by atomic mass is 32.2. The Kier molecular flexibility index (Phi) is 8.95. The molecule has 0 spiro atoms. The summed E-state index contributed by atoms with van der Waals surface area (Å²) in [6.45, 7) is 2.61. The predicted molar refractivity (Wildman–Crippen MR) is 156 cm³/mol. The Labute approximate surface area is 236 Å². The second kappa shape index (κ2) is 12.9. The number of fused-ring (bicyclic) bond motifs is 1. The normalized spacial score (nSPS) is 12.5. The Morgan fingerprint density at radius 2 is 1.77 bits per heavy atom. The smallest absolute Gasteiger partial charge is 0.341 e. The van der Waals surface area contributed by atoms with Crippen LogP contribution in [0.2, 0.25) is 0 Å². The molecule has 8 nitrogen and oxygen atoms in total. The van der Waals surface area contributed by atoms with Gasteiger partial charge in [0.1, 0.15) is 5.00 Å². The number of thioether (sulfide) groups is 1. The molecular weight excluding hydrogens is 530 g/mol. The number of aromatic nitrogens is 3. The molecule has 4 aromatic rings. The summed E-state index contributed by atoms with van der Waals surface area (Å²) < 4.78 is 7.33. The molecular formula is C29H31N5O3S2. The van der Waals surface area contributed by atoms with Crippen molar-refractivity contribution in [2.45, 2.75) is 50.7 Å². The van der Waals surface area contributed by atoms with E-state index in [1.165, 1.54) is 28.0 Å². The zero-order valence-corrected chi connectivity index (χ0v) is 23.4. The summed E-state index contributed by atoms with van der Waals surface area (Å²) in [4.78, 5) is 26.8. The Morgan fingerprint density at radius 1 is 1.03 bits per heavy atom. The van der Waals surface area contributed by atoms with E-state index in [0.29, 0.717) is 29.5 Å². The summed E-state index contributed by atoms with van der Waals surface area (Å²) in [6, 6.07) is 19.9. The van der Waals surface area contributed by atoms with Gasteiger partial charge < -0.3 is 15.4 Å². The van der Waals surface area contributed by atoms with Crippen molar-refractivity contribution in [3.8, 4) is 5.69 Å². The number of carbonyl (C=O) groups is 2. The number of para-hydroxylation sites is 2. The summed E-state index contributed by atoms with van der Waals surface area (Å²) in [5.74, 6) is 0.806. The van der Waals surface area contributed by atoms with Gasteiger partial charge in [-0.05, 0) is 62.4 Å². The first kappa shape index (κ1) is 27.0. The van der Waals surface area contributed by atoms with Crippen LogP contribution >= 0.6 is 23.1 Å². The zero-order valence-electron chi connectivity index (χ0n) is 21.8. The molecule has 0 radical (unpaired) electrons. The minimum atomic E-state index is -0.353. The van der Waals surface area contributed by atoms with Crippen LogP contribution in [0.25, 0.3) is 5.69 Å². The van der Waals surface area contributed by atoms with E-state index in [1.807, 2.05) is 65.2 Å². The molecule has 2 aromatic carbocycles. The molecule has 2 N–H and O–H groups in total. The number of esters is 1. The lowest BCUT2D eigenvalue weighted by molar-refractivity contribution is -0.115. The largest absolute Gasteiger partial charge is 0.462 e. The van der Waals surface area contributed by atoms with Crippen LogP contribution in [0, 0.1) is 0 Å². The first-order chi connectivity index (χ1) is 19.1. The lowest BCUT2D eigenvalue weighted by Gasteiger charge is -2.12. The molecule has 0 saturated carbocycles. The van der Waals surface area contributed by atoms with Gasteiger partial charge in [-0.2, -0.15) is 0 Å². The van der Waals surface area contributed by atoms with Crippen molar-refractivity contribution in [2.75, 3.05) is 23.0 Å². The molecule has 10 heteroatoms. The van der Waals surface area contributed by atoms with E-state index in [4.69, 9.17) is 4.74 Å². The lowest BCUT2D eigenvalue weighted by atomic mass is 9.95. The molecule has 39 heavy (non-hydrogen) atoms. The number of anilines is 2. The van der Waals surface area contributed by atoms with E-state index in [9.17, 15) is 9.59 Å². The SMILES string of the molecule is CCOC(=O)c1c(NC(=O)CCSc2nnc(CNc3ccccc3)n2-c2ccccc2)sc2c1CCCC2. The molecule has 0 fully saturated rings. The third-order valence-corrected chi connectivity index (χ3v) is 8.54. The fraction of sp³-hybridized carbons (Fsp3) is 0.310. The molecule has 0 saturated heterocycles. The van der Waals surface area contributed by atoms with E-state index < -0.39 is 0 Å². The molecule has 0 aliphatic heterocycles. The number of hydrogen-bond donors (Lipinski definition) is 2. The molecule has 1 aliphatic rings. The second-order valence-corrected chi connectivity index (χ2v) is 11.2. The summed E-state index contributed by atoms with van der Waals surface area (Å²) in [5, 5.41) is 16.6. The number of ether oxygens (including phenoxy) is 1.